The van der Waals surface area contributed by atoms with Gasteiger partial charge in [-0.3, -0.25) is 4.90 Å². The first-order chi connectivity index (χ1) is 7.81. The molecule has 1 aromatic heterocycles. The maximum atomic E-state index is 5.51. The molecule has 1 aliphatic rings. The number of rotatable bonds is 2. The highest BCUT2D eigenvalue weighted by Gasteiger charge is 2.19. The van der Waals surface area contributed by atoms with Gasteiger partial charge in [0.25, 0.3) is 0 Å². The van der Waals surface area contributed by atoms with Crippen molar-refractivity contribution in [1.29, 1.82) is 0 Å². The normalized spacial score (nSPS) is 15.2. The van der Waals surface area contributed by atoms with E-state index in [-0.39, 0.29) is 0 Å². The average Bonchev–Trinajstić information content (AvgIpc) is 2.84. The summed E-state index contributed by atoms with van der Waals surface area (Å²) in [4.78, 5) is 2.31. The summed E-state index contributed by atoms with van der Waals surface area (Å²) in [6, 6.07) is 10.3. The topological polar surface area (TPSA) is 55.3 Å². The van der Waals surface area contributed by atoms with Gasteiger partial charge in [0.15, 0.2) is 11.6 Å². The van der Waals surface area contributed by atoms with Gasteiger partial charge in [0.1, 0.15) is 0 Å². The minimum Gasteiger partial charge on any atom is -0.381 e. The molecule has 0 unspecified atom stereocenters. The third-order valence-electron chi connectivity index (χ3n) is 2.86. The molecular weight excluding hydrogens is 202 g/mol. The Morgan fingerprint density at radius 3 is 2.50 bits per heavy atom. The Balaban J connectivity index is 1.72. The van der Waals surface area contributed by atoms with E-state index in [9.17, 15) is 0 Å². The van der Waals surface area contributed by atoms with Crippen LogP contribution in [0.2, 0.25) is 0 Å². The van der Waals surface area contributed by atoms with Gasteiger partial charge in [-0.2, -0.15) is 0 Å². The Morgan fingerprint density at radius 1 is 1.25 bits per heavy atom. The van der Waals surface area contributed by atoms with Crippen molar-refractivity contribution in [3.05, 3.63) is 47.2 Å². The predicted octanol–water partition coefficient (Wildman–Crippen LogP) is 1.77. The summed E-state index contributed by atoms with van der Waals surface area (Å²) in [5.41, 5.74) is 8.31. The van der Waals surface area contributed by atoms with Crippen molar-refractivity contribution in [2.75, 3.05) is 5.73 Å². The van der Waals surface area contributed by atoms with Gasteiger partial charge in [-0.25, -0.2) is 0 Å². The van der Waals surface area contributed by atoms with Crippen LogP contribution in [0.1, 0.15) is 16.9 Å². The second kappa shape index (κ2) is 3.64. The fourth-order valence-corrected chi connectivity index (χ4v) is 2.14. The molecule has 0 saturated heterocycles. The number of hydrogen-bond acceptors (Lipinski definition) is 4. The summed E-state index contributed by atoms with van der Waals surface area (Å²) in [7, 11) is 0. The largest absolute Gasteiger partial charge is 0.381 e. The molecule has 4 heteroatoms. The predicted molar refractivity (Wildman–Crippen MR) is 60.3 cm³/mol. The summed E-state index contributed by atoms with van der Waals surface area (Å²) in [5.74, 6) is 1.28. The van der Waals surface area contributed by atoms with E-state index in [1.54, 1.807) is 6.07 Å². The van der Waals surface area contributed by atoms with Crippen LogP contribution in [0.5, 0.6) is 0 Å². The van der Waals surface area contributed by atoms with Gasteiger partial charge in [-0.15, -0.1) is 0 Å². The van der Waals surface area contributed by atoms with Gasteiger partial charge < -0.3 is 10.3 Å². The Labute approximate surface area is 93.6 Å². The zero-order valence-corrected chi connectivity index (χ0v) is 8.89. The van der Waals surface area contributed by atoms with Gasteiger partial charge in [0.2, 0.25) is 0 Å². The zero-order valence-electron chi connectivity index (χ0n) is 8.89. The lowest BCUT2D eigenvalue weighted by atomic mass is 10.1. The number of benzene rings is 1. The quantitative estimate of drug-likeness (QED) is 0.829. The van der Waals surface area contributed by atoms with Gasteiger partial charge in [-0.1, -0.05) is 29.4 Å². The van der Waals surface area contributed by atoms with E-state index >= 15 is 0 Å². The van der Waals surface area contributed by atoms with Crippen LogP contribution in [0.15, 0.2) is 34.9 Å². The highest BCUT2D eigenvalue weighted by Crippen LogP contribution is 2.24. The third kappa shape index (κ3) is 1.67. The van der Waals surface area contributed by atoms with Crippen LogP contribution in [0.3, 0.4) is 0 Å². The summed E-state index contributed by atoms with van der Waals surface area (Å²) in [6.45, 7) is 2.70. The molecular formula is C12H13N3O. The number of aromatic nitrogens is 1. The van der Waals surface area contributed by atoms with Crippen LogP contribution in [-0.4, -0.2) is 10.1 Å². The summed E-state index contributed by atoms with van der Waals surface area (Å²) in [6.07, 6.45) is 0. The lowest BCUT2D eigenvalue weighted by Gasteiger charge is -2.11. The first kappa shape index (κ1) is 9.42. The fourth-order valence-electron chi connectivity index (χ4n) is 2.14. The zero-order chi connectivity index (χ0) is 11.0. The fraction of sp³-hybridized carbons (Fsp3) is 0.250. The van der Waals surface area contributed by atoms with Crippen molar-refractivity contribution in [1.82, 2.24) is 10.1 Å². The van der Waals surface area contributed by atoms with Gasteiger partial charge in [-0.05, 0) is 11.1 Å². The minimum atomic E-state index is 0.451. The lowest BCUT2D eigenvalue weighted by molar-refractivity contribution is 0.236. The van der Waals surface area contributed by atoms with Crippen LogP contribution >= 0.6 is 0 Å². The molecule has 0 bridgehead atoms. The molecule has 2 N–H and O–H groups in total. The second-order valence-electron chi connectivity index (χ2n) is 4.13. The highest BCUT2D eigenvalue weighted by molar-refractivity contribution is 5.31. The first-order valence-corrected chi connectivity index (χ1v) is 5.31. The van der Waals surface area contributed by atoms with E-state index in [0.29, 0.717) is 5.82 Å². The first-order valence-electron chi connectivity index (χ1n) is 5.31. The Morgan fingerprint density at radius 2 is 1.94 bits per heavy atom. The van der Waals surface area contributed by atoms with Gasteiger partial charge in [0.05, 0.1) is 6.54 Å². The molecule has 3 rings (SSSR count). The van der Waals surface area contributed by atoms with Crippen molar-refractivity contribution in [2.24, 2.45) is 0 Å². The minimum absolute atomic E-state index is 0.451. The van der Waals surface area contributed by atoms with E-state index in [0.717, 1.165) is 25.4 Å². The number of nitrogen functional groups attached to an aromatic ring is 1. The molecule has 2 aromatic rings. The lowest BCUT2D eigenvalue weighted by Crippen LogP contribution is -2.15. The van der Waals surface area contributed by atoms with Crippen molar-refractivity contribution >= 4 is 5.82 Å². The molecule has 0 saturated carbocycles. The molecule has 0 fully saturated rings. The van der Waals surface area contributed by atoms with Crippen LogP contribution in [0, 0.1) is 0 Å². The second-order valence-corrected chi connectivity index (χ2v) is 4.13. The highest BCUT2D eigenvalue weighted by atomic mass is 16.5. The van der Waals surface area contributed by atoms with Crippen LogP contribution in [-0.2, 0) is 19.6 Å². The van der Waals surface area contributed by atoms with Crippen molar-refractivity contribution in [3.8, 4) is 0 Å². The molecule has 82 valence electrons. The number of nitrogens with zero attached hydrogens (tertiary/aromatic N) is 2. The van der Waals surface area contributed by atoms with Crippen molar-refractivity contribution in [3.63, 3.8) is 0 Å². The Kier molecular flexibility index (Phi) is 2.15. The third-order valence-corrected chi connectivity index (χ3v) is 2.86. The smallest absolute Gasteiger partial charge is 0.167 e. The Bertz CT molecular complexity index is 481. The number of anilines is 1. The molecule has 1 aliphatic heterocycles. The number of nitrogens with two attached hydrogens (primary N) is 1. The molecule has 2 heterocycles. The number of hydrogen-bond donors (Lipinski definition) is 1. The van der Waals surface area contributed by atoms with Crippen molar-refractivity contribution in [2.45, 2.75) is 19.6 Å². The standard InChI is InChI=1S/C12H13N3O/c13-12-5-11(16-14-12)8-15-6-9-3-1-2-4-10(9)7-15/h1-5H,6-8H2,(H2,13,14). The van der Waals surface area contributed by atoms with E-state index in [1.807, 2.05) is 0 Å². The molecule has 4 nitrogen and oxygen atoms in total. The molecule has 0 spiro atoms. The molecule has 16 heavy (non-hydrogen) atoms. The summed E-state index contributed by atoms with van der Waals surface area (Å²) >= 11 is 0. The van der Waals surface area contributed by atoms with Gasteiger partial charge >= 0.3 is 0 Å². The Hall–Kier alpha value is -1.81. The summed E-state index contributed by atoms with van der Waals surface area (Å²) < 4.78 is 5.11. The maximum absolute atomic E-state index is 5.51. The summed E-state index contributed by atoms with van der Waals surface area (Å²) in [5, 5.41) is 3.68. The molecule has 0 amide bonds. The van der Waals surface area contributed by atoms with E-state index in [4.69, 9.17) is 10.3 Å². The molecule has 0 radical (unpaired) electrons. The molecule has 0 atom stereocenters. The van der Waals surface area contributed by atoms with Crippen LogP contribution in [0.25, 0.3) is 0 Å². The van der Waals surface area contributed by atoms with Crippen molar-refractivity contribution < 1.29 is 4.52 Å². The van der Waals surface area contributed by atoms with Crippen LogP contribution in [0.4, 0.5) is 5.82 Å². The number of fused-ring (bicyclic) bond motifs is 1. The van der Waals surface area contributed by atoms with E-state index in [1.165, 1.54) is 11.1 Å². The van der Waals surface area contributed by atoms with Crippen LogP contribution < -0.4 is 5.73 Å². The monoisotopic (exact) mass is 215 g/mol. The molecule has 0 aliphatic carbocycles. The van der Waals surface area contributed by atoms with Gasteiger partial charge in [0, 0.05) is 19.2 Å². The average molecular weight is 215 g/mol. The molecule has 1 aromatic carbocycles. The maximum Gasteiger partial charge on any atom is 0.167 e. The van der Waals surface area contributed by atoms with E-state index in [2.05, 4.69) is 34.3 Å². The SMILES string of the molecule is Nc1cc(CN2Cc3ccccc3C2)on1. The van der Waals surface area contributed by atoms with E-state index < -0.39 is 0 Å².